The van der Waals surface area contributed by atoms with Gasteiger partial charge in [0.1, 0.15) is 11.5 Å². The van der Waals surface area contributed by atoms with Gasteiger partial charge in [0.25, 0.3) is 0 Å². The number of hydrogen-bond acceptors (Lipinski definition) is 11. The number of benzene rings is 2. The van der Waals surface area contributed by atoms with Gasteiger partial charge in [-0.1, -0.05) is 18.2 Å². The number of phenolic OH excluding ortho intramolecular Hbond substituents is 1. The maximum absolute atomic E-state index is 13.7. The molecular weight excluding hydrogens is 647 g/mol. The number of carbonyl (C=O) groups excluding carboxylic acids is 5. The van der Waals surface area contributed by atoms with E-state index in [-0.39, 0.29) is 43.4 Å². The molecule has 11 nitrogen and oxygen atoms in total. The second kappa shape index (κ2) is 14.7. The Balaban J connectivity index is 1.74. The summed E-state index contributed by atoms with van der Waals surface area (Å²) in [6.45, 7) is -1.96. The van der Waals surface area contributed by atoms with Crippen molar-refractivity contribution in [2.75, 3.05) is 57.4 Å². The number of halogens is 5. The van der Waals surface area contributed by atoms with Gasteiger partial charge in [0.05, 0.1) is 44.8 Å². The first-order valence-corrected chi connectivity index (χ1v) is 14.7. The summed E-state index contributed by atoms with van der Waals surface area (Å²) in [6, 6.07) is 0.675. The zero-order chi connectivity index (χ0) is 35.4. The molecule has 4 rings (SSSR count). The Bertz CT molecular complexity index is 1610. The molecule has 258 valence electrons. The fourth-order valence-corrected chi connectivity index (χ4v) is 6.25. The van der Waals surface area contributed by atoms with E-state index < -0.39 is 74.0 Å². The molecule has 2 heterocycles. The lowest BCUT2D eigenvalue weighted by Crippen LogP contribution is -2.62. The van der Waals surface area contributed by atoms with Crippen LogP contribution in [0.2, 0.25) is 0 Å². The smallest absolute Gasteiger partial charge is 0.315 e. The van der Waals surface area contributed by atoms with E-state index in [0.29, 0.717) is 11.3 Å². The Morgan fingerprint density at radius 3 is 1.88 bits per heavy atom. The third-order valence-electron chi connectivity index (χ3n) is 8.30. The molecule has 2 aliphatic rings. The van der Waals surface area contributed by atoms with E-state index in [1.54, 1.807) is 35.3 Å². The number of aromatic hydroxyl groups is 1. The van der Waals surface area contributed by atoms with Gasteiger partial charge in [-0.3, -0.25) is 38.7 Å². The summed E-state index contributed by atoms with van der Waals surface area (Å²) in [6.07, 6.45) is 3.29. The molecule has 0 fully saturated rings. The molecule has 0 saturated carbocycles. The number of ether oxygens (including phenoxy) is 1. The van der Waals surface area contributed by atoms with Crippen LogP contribution in [-0.4, -0.2) is 108 Å². The Morgan fingerprint density at radius 2 is 1.29 bits per heavy atom. The lowest BCUT2D eigenvalue weighted by molar-refractivity contribution is -0.135. The van der Waals surface area contributed by atoms with Crippen molar-refractivity contribution >= 4 is 41.9 Å². The second-order valence-electron chi connectivity index (χ2n) is 12.1. The van der Waals surface area contributed by atoms with Gasteiger partial charge in [0, 0.05) is 36.4 Å². The summed E-state index contributed by atoms with van der Waals surface area (Å²) in [5.74, 6) is -0.0750. The molecule has 1 N–H and O–H groups in total. The maximum Gasteiger partial charge on any atom is 0.315 e. The minimum Gasteiger partial charge on any atom is -0.508 e. The van der Waals surface area contributed by atoms with Crippen LogP contribution >= 0.6 is 0 Å². The minimum absolute atomic E-state index is 0.155. The average Bonchev–Trinajstić information content (AvgIpc) is 3.13. The van der Waals surface area contributed by atoms with Crippen LogP contribution in [0, 0.1) is 0 Å². The Morgan fingerprint density at radius 1 is 0.771 bits per heavy atom. The number of anilines is 1. The van der Waals surface area contributed by atoms with Crippen molar-refractivity contribution in [1.29, 1.82) is 0 Å². The van der Waals surface area contributed by atoms with Gasteiger partial charge in [0.2, 0.25) is 5.72 Å². The number of nitrogens with zero attached hydrogens (tertiary/aromatic N) is 4. The Hall–Kier alpha value is -4.54. The lowest BCUT2D eigenvalue weighted by atomic mass is 9.76. The van der Waals surface area contributed by atoms with Crippen LogP contribution < -0.4 is 9.64 Å². The fourth-order valence-electron chi connectivity index (χ4n) is 6.25. The van der Waals surface area contributed by atoms with Crippen LogP contribution in [0.1, 0.15) is 30.5 Å². The van der Waals surface area contributed by atoms with Gasteiger partial charge in [-0.2, -0.15) is 22.0 Å². The van der Waals surface area contributed by atoms with Crippen LogP contribution in [0.3, 0.4) is 0 Å². The first-order valence-electron chi connectivity index (χ1n) is 14.7. The zero-order valence-corrected chi connectivity index (χ0v) is 26.1. The van der Waals surface area contributed by atoms with Crippen molar-refractivity contribution in [3.8, 4) is 11.5 Å². The maximum atomic E-state index is 13.7. The molecule has 0 aromatic heterocycles. The van der Waals surface area contributed by atoms with Crippen molar-refractivity contribution in [2.24, 2.45) is 0 Å². The molecule has 1 unspecified atom stereocenters. The van der Waals surface area contributed by atoms with Crippen LogP contribution in [0.15, 0.2) is 42.5 Å². The molecule has 16 heteroatoms. The van der Waals surface area contributed by atoms with Crippen LogP contribution in [0.5, 0.6) is 11.5 Å². The molecule has 2 aromatic carbocycles. The highest BCUT2D eigenvalue weighted by atomic mass is 19.2. The van der Waals surface area contributed by atoms with Gasteiger partial charge in [-0.05, 0) is 49.8 Å². The number of carbonyl (C=O) groups is 5. The van der Waals surface area contributed by atoms with Gasteiger partial charge < -0.3 is 14.7 Å². The van der Waals surface area contributed by atoms with Gasteiger partial charge in [-0.15, -0.1) is 0 Å². The van der Waals surface area contributed by atoms with E-state index in [4.69, 9.17) is 4.74 Å². The van der Waals surface area contributed by atoms with Crippen molar-refractivity contribution in [2.45, 2.75) is 31.5 Å². The predicted octanol–water partition coefficient (Wildman–Crippen LogP) is 3.14. The van der Waals surface area contributed by atoms with E-state index >= 15 is 0 Å². The van der Waals surface area contributed by atoms with Gasteiger partial charge in [0.15, 0.2) is 0 Å². The average molecular weight is 681 g/mol. The predicted molar refractivity (Wildman–Crippen MR) is 161 cm³/mol. The van der Waals surface area contributed by atoms with E-state index in [9.17, 15) is 51.0 Å². The molecule has 2 aromatic rings. The largest absolute Gasteiger partial charge is 0.508 e. The SMILES string of the molecule is CC1(C)c2ccccc2N(CN(CC(=O)F)CC(=O)F)C12C=Cc1cc(O)cc(CN(CCN(CC(=O)F)CC(=O)F)CC(=O)F)c1O2. The van der Waals surface area contributed by atoms with Gasteiger partial charge in [-0.25, -0.2) is 0 Å². The molecule has 0 aliphatic carbocycles. The van der Waals surface area contributed by atoms with E-state index in [1.165, 1.54) is 17.0 Å². The molecule has 1 atom stereocenters. The number of phenols is 1. The molecule has 0 amide bonds. The van der Waals surface area contributed by atoms with Crippen LogP contribution in [0.25, 0.3) is 6.08 Å². The van der Waals surface area contributed by atoms with Gasteiger partial charge >= 0.3 is 30.2 Å². The van der Waals surface area contributed by atoms with E-state index in [2.05, 4.69) is 0 Å². The van der Waals surface area contributed by atoms with Crippen LogP contribution in [0.4, 0.5) is 27.6 Å². The second-order valence-corrected chi connectivity index (χ2v) is 12.1. The Kier molecular flexibility index (Phi) is 11.1. The number of fused-ring (bicyclic) bond motifs is 2. The molecule has 48 heavy (non-hydrogen) atoms. The first kappa shape index (κ1) is 36.3. The van der Waals surface area contributed by atoms with Crippen molar-refractivity contribution < 1.29 is 55.8 Å². The highest BCUT2D eigenvalue weighted by molar-refractivity contribution is 5.76. The third kappa shape index (κ3) is 8.11. The molecule has 1 spiro atoms. The van der Waals surface area contributed by atoms with E-state index in [0.717, 1.165) is 15.4 Å². The molecular formula is C32H33F5N4O7. The topological polar surface area (TPSA) is 128 Å². The molecule has 2 aliphatic heterocycles. The fraction of sp³-hybridized carbons (Fsp3) is 0.406. The highest BCUT2D eigenvalue weighted by Gasteiger charge is 2.59. The quantitative estimate of drug-likeness (QED) is 0.196. The summed E-state index contributed by atoms with van der Waals surface area (Å²) >= 11 is 0. The lowest BCUT2D eigenvalue weighted by Gasteiger charge is -2.48. The monoisotopic (exact) mass is 680 g/mol. The molecule has 0 bridgehead atoms. The molecule has 0 radical (unpaired) electrons. The van der Waals surface area contributed by atoms with E-state index in [1.807, 2.05) is 19.9 Å². The summed E-state index contributed by atoms with van der Waals surface area (Å²) in [5.41, 5.74) is -0.515. The molecule has 0 saturated heterocycles. The van der Waals surface area contributed by atoms with Crippen molar-refractivity contribution in [1.82, 2.24) is 14.7 Å². The number of para-hydroxylation sites is 1. The number of hydrogen-bond donors (Lipinski definition) is 1. The summed E-state index contributed by atoms with van der Waals surface area (Å²) in [5, 5.41) is 10.6. The third-order valence-corrected chi connectivity index (χ3v) is 8.30. The summed E-state index contributed by atoms with van der Waals surface area (Å²) in [4.78, 5) is 61.1. The minimum atomic E-state index is -1.84. The van der Waals surface area contributed by atoms with Crippen LogP contribution in [-0.2, 0) is 35.9 Å². The van der Waals surface area contributed by atoms with Crippen molar-refractivity contribution in [3.05, 3.63) is 59.2 Å². The summed E-state index contributed by atoms with van der Waals surface area (Å²) in [7, 11) is 0. The summed E-state index contributed by atoms with van der Waals surface area (Å²) < 4.78 is 73.8. The Labute approximate surface area is 272 Å². The highest BCUT2D eigenvalue weighted by Crippen LogP contribution is 2.55. The standard InChI is InChI=1S/C32H33F5N4O7/c1-31(2)23-5-3-4-6-24(23)41(19-40(17-28(36)46)18-29(37)47)32(31)8-7-20-11-22(42)12-21(30(20)48-32)13-38(14-25(33)43)9-10-39(15-26(34)44)16-27(35)45/h3-8,11-12,42H,9-10,13-19H2,1-2H3. The normalized spacial score (nSPS) is 17.5. The number of rotatable bonds is 17. The zero-order valence-electron chi connectivity index (χ0n) is 26.1. The van der Waals surface area contributed by atoms with Crippen molar-refractivity contribution in [3.63, 3.8) is 0 Å². The first-order chi connectivity index (χ1) is 22.5.